The van der Waals surface area contributed by atoms with Crippen LogP contribution < -0.4 is 5.73 Å². The predicted octanol–water partition coefficient (Wildman–Crippen LogP) is 1.86. The average molecular weight is 199 g/mol. The number of hydrogen-bond donors (Lipinski definition) is 2. The highest BCUT2D eigenvalue weighted by Crippen LogP contribution is 2.38. The van der Waals surface area contributed by atoms with Crippen LogP contribution in [0.25, 0.3) is 0 Å². The fourth-order valence-corrected chi connectivity index (χ4v) is 2.72. The van der Waals surface area contributed by atoms with Crippen molar-refractivity contribution < 1.29 is 9.90 Å². The molecule has 3 unspecified atom stereocenters. The van der Waals surface area contributed by atoms with Crippen molar-refractivity contribution in [3.63, 3.8) is 0 Å². The van der Waals surface area contributed by atoms with Gasteiger partial charge in [0, 0.05) is 0 Å². The fourth-order valence-electron chi connectivity index (χ4n) is 2.72. The molecule has 1 aliphatic carbocycles. The molecule has 1 fully saturated rings. The predicted molar refractivity (Wildman–Crippen MR) is 55.9 cm³/mol. The molecule has 0 spiro atoms. The number of carbonyl (C=O) groups is 1. The number of nitrogens with two attached hydrogens (primary N) is 1. The van der Waals surface area contributed by atoms with E-state index in [1.54, 1.807) is 0 Å². The highest BCUT2D eigenvalue weighted by atomic mass is 16.4. The van der Waals surface area contributed by atoms with Gasteiger partial charge in [-0.1, -0.05) is 20.8 Å². The number of aliphatic carboxylic acids is 1. The molecule has 1 aliphatic rings. The Balaban J connectivity index is 2.68. The molecular formula is C11H21NO2. The summed E-state index contributed by atoms with van der Waals surface area (Å²) in [5.74, 6) is 0.839. The molecule has 3 N–H and O–H groups in total. The van der Waals surface area contributed by atoms with Crippen LogP contribution in [0.5, 0.6) is 0 Å². The maximum Gasteiger partial charge on any atom is 0.323 e. The molecule has 0 aliphatic heterocycles. The van der Waals surface area contributed by atoms with Gasteiger partial charge in [0.25, 0.3) is 0 Å². The lowest BCUT2D eigenvalue weighted by Gasteiger charge is -2.40. The third kappa shape index (κ3) is 2.08. The highest BCUT2D eigenvalue weighted by molar-refractivity contribution is 5.78. The summed E-state index contributed by atoms with van der Waals surface area (Å²) in [6.07, 6.45) is 2.18. The fraction of sp³-hybridized carbons (Fsp3) is 0.909. The van der Waals surface area contributed by atoms with Crippen molar-refractivity contribution in [2.24, 2.45) is 23.5 Å². The van der Waals surface area contributed by atoms with E-state index >= 15 is 0 Å². The Morgan fingerprint density at radius 1 is 1.57 bits per heavy atom. The maximum atomic E-state index is 11.0. The van der Waals surface area contributed by atoms with Crippen LogP contribution in [-0.2, 0) is 4.79 Å². The van der Waals surface area contributed by atoms with E-state index in [2.05, 4.69) is 20.8 Å². The standard InChI is InChI=1S/C11H21NO2/c1-7(2)9-4-5-11(12,10(13)14)6-8(9)3/h7-9H,4-6,12H2,1-3H3,(H,13,14). The van der Waals surface area contributed by atoms with Gasteiger partial charge in [-0.25, -0.2) is 0 Å². The van der Waals surface area contributed by atoms with Crippen LogP contribution in [0.2, 0.25) is 0 Å². The van der Waals surface area contributed by atoms with Crippen LogP contribution >= 0.6 is 0 Å². The molecule has 0 saturated heterocycles. The molecule has 0 amide bonds. The van der Waals surface area contributed by atoms with Crippen LogP contribution in [0.4, 0.5) is 0 Å². The first-order valence-corrected chi connectivity index (χ1v) is 5.39. The average Bonchev–Trinajstić information content (AvgIpc) is 2.02. The van der Waals surface area contributed by atoms with Gasteiger partial charge in [-0.15, -0.1) is 0 Å². The minimum absolute atomic E-state index is 0.421. The summed E-state index contributed by atoms with van der Waals surface area (Å²) in [4.78, 5) is 11.0. The van der Waals surface area contributed by atoms with Crippen LogP contribution in [0.3, 0.4) is 0 Å². The Kier molecular flexibility index (Phi) is 3.20. The van der Waals surface area contributed by atoms with Crippen molar-refractivity contribution >= 4 is 5.97 Å². The Morgan fingerprint density at radius 2 is 2.14 bits per heavy atom. The molecule has 0 aromatic heterocycles. The molecule has 3 atom stereocenters. The van der Waals surface area contributed by atoms with Crippen LogP contribution in [0.1, 0.15) is 40.0 Å². The lowest BCUT2D eigenvalue weighted by atomic mass is 9.67. The quantitative estimate of drug-likeness (QED) is 0.713. The molecule has 3 heteroatoms. The van der Waals surface area contributed by atoms with Gasteiger partial charge in [-0.3, -0.25) is 4.79 Å². The van der Waals surface area contributed by atoms with E-state index in [-0.39, 0.29) is 0 Å². The molecule has 3 nitrogen and oxygen atoms in total. The summed E-state index contributed by atoms with van der Waals surface area (Å²) in [7, 11) is 0. The largest absolute Gasteiger partial charge is 0.480 e. The Hall–Kier alpha value is -0.570. The second kappa shape index (κ2) is 3.89. The second-order valence-corrected chi connectivity index (χ2v) is 5.09. The van der Waals surface area contributed by atoms with Crippen molar-refractivity contribution in [2.75, 3.05) is 0 Å². The van der Waals surface area contributed by atoms with Gasteiger partial charge >= 0.3 is 5.97 Å². The van der Waals surface area contributed by atoms with E-state index in [0.717, 1.165) is 6.42 Å². The summed E-state index contributed by atoms with van der Waals surface area (Å²) >= 11 is 0. The van der Waals surface area contributed by atoms with Gasteiger partial charge in [0.15, 0.2) is 0 Å². The zero-order chi connectivity index (χ0) is 10.9. The molecule has 0 bridgehead atoms. The van der Waals surface area contributed by atoms with E-state index in [0.29, 0.717) is 30.6 Å². The highest BCUT2D eigenvalue weighted by Gasteiger charge is 2.42. The Morgan fingerprint density at radius 3 is 2.50 bits per heavy atom. The molecule has 14 heavy (non-hydrogen) atoms. The lowest BCUT2D eigenvalue weighted by molar-refractivity contribution is -0.146. The monoisotopic (exact) mass is 199 g/mol. The van der Waals surface area contributed by atoms with Crippen molar-refractivity contribution in [1.82, 2.24) is 0 Å². The molecular weight excluding hydrogens is 178 g/mol. The van der Waals surface area contributed by atoms with Gasteiger partial charge in [0.1, 0.15) is 5.54 Å². The summed E-state index contributed by atoms with van der Waals surface area (Å²) < 4.78 is 0. The minimum atomic E-state index is -0.967. The van der Waals surface area contributed by atoms with Gasteiger partial charge in [-0.2, -0.15) is 0 Å². The van der Waals surface area contributed by atoms with E-state index in [1.165, 1.54) is 0 Å². The molecule has 0 heterocycles. The molecule has 0 radical (unpaired) electrons. The van der Waals surface area contributed by atoms with E-state index < -0.39 is 11.5 Å². The van der Waals surface area contributed by atoms with E-state index in [9.17, 15) is 4.79 Å². The smallest absolute Gasteiger partial charge is 0.323 e. The van der Waals surface area contributed by atoms with E-state index in [4.69, 9.17) is 10.8 Å². The zero-order valence-corrected chi connectivity index (χ0v) is 9.29. The van der Waals surface area contributed by atoms with Gasteiger partial charge in [-0.05, 0) is 37.0 Å². The Labute approximate surface area is 85.7 Å². The number of hydrogen-bond acceptors (Lipinski definition) is 2. The zero-order valence-electron chi connectivity index (χ0n) is 9.29. The number of carboxylic acids is 1. The summed E-state index contributed by atoms with van der Waals surface area (Å²) in [6.45, 7) is 6.52. The topological polar surface area (TPSA) is 63.3 Å². The summed E-state index contributed by atoms with van der Waals surface area (Å²) in [5, 5.41) is 9.02. The summed E-state index contributed by atoms with van der Waals surface area (Å²) in [5.41, 5.74) is 4.89. The van der Waals surface area contributed by atoms with Crippen molar-refractivity contribution in [2.45, 2.75) is 45.6 Å². The molecule has 1 rings (SSSR count). The van der Waals surface area contributed by atoms with Gasteiger partial charge < -0.3 is 10.8 Å². The first-order chi connectivity index (χ1) is 6.37. The second-order valence-electron chi connectivity index (χ2n) is 5.09. The van der Waals surface area contributed by atoms with Gasteiger partial charge in [0.05, 0.1) is 0 Å². The third-order valence-electron chi connectivity index (χ3n) is 3.62. The van der Waals surface area contributed by atoms with Crippen molar-refractivity contribution in [3.8, 4) is 0 Å². The van der Waals surface area contributed by atoms with Crippen LogP contribution in [-0.4, -0.2) is 16.6 Å². The first kappa shape index (κ1) is 11.5. The minimum Gasteiger partial charge on any atom is -0.480 e. The lowest BCUT2D eigenvalue weighted by Crippen LogP contribution is -2.53. The number of rotatable bonds is 2. The van der Waals surface area contributed by atoms with Crippen molar-refractivity contribution in [3.05, 3.63) is 0 Å². The number of carboxylic acid groups (broad SMARTS) is 1. The van der Waals surface area contributed by atoms with Crippen LogP contribution in [0.15, 0.2) is 0 Å². The first-order valence-electron chi connectivity index (χ1n) is 5.39. The maximum absolute atomic E-state index is 11.0. The summed E-state index contributed by atoms with van der Waals surface area (Å²) in [6, 6.07) is 0. The molecule has 0 aromatic carbocycles. The SMILES string of the molecule is CC(C)C1CCC(N)(C(=O)O)CC1C. The van der Waals surface area contributed by atoms with Crippen molar-refractivity contribution in [1.29, 1.82) is 0 Å². The van der Waals surface area contributed by atoms with E-state index in [1.807, 2.05) is 0 Å². The molecule has 1 saturated carbocycles. The molecule has 82 valence electrons. The third-order valence-corrected chi connectivity index (χ3v) is 3.62. The van der Waals surface area contributed by atoms with Crippen LogP contribution in [0, 0.1) is 17.8 Å². The normalized spacial score (nSPS) is 38.6. The molecule has 0 aromatic rings. The van der Waals surface area contributed by atoms with Gasteiger partial charge in [0.2, 0.25) is 0 Å². The Bertz CT molecular complexity index is 227.